The third kappa shape index (κ3) is 3.88. The SMILES string of the molecule is Cc1ccc([C@@H](N[C@H](C)C(=O)N2CCNC2=O)c2ccccc2)cc1. The van der Waals surface area contributed by atoms with Crippen LogP contribution in [-0.4, -0.2) is 36.0 Å². The molecule has 3 rings (SSSR count). The van der Waals surface area contributed by atoms with Crippen LogP contribution in [0.3, 0.4) is 0 Å². The zero-order chi connectivity index (χ0) is 17.8. The first-order valence-electron chi connectivity index (χ1n) is 8.53. The lowest BCUT2D eigenvalue weighted by Gasteiger charge is -2.26. The van der Waals surface area contributed by atoms with Gasteiger partial charge < -0.3 is 5.32 Å². The summed E-state index contributed by atoms with van der Waals surface area (Å²) in [6, 6.07) is 17.4. The van der Waals surface area contributed by atoms with E-state index in [2.05, 4.69) is 34.9 Å². The highest BCUT2D eigenvalue weighted by Crippen LogP contribution is 2.23. The minimum absolute atomic E-state index is 0.119. The number of hydrogen-bond acceptors (Lipinski definition) is 3. The molecule has 1 fully saturated rings. The van der Waals surface area contributed by atoms with Crippen molar-refractivity contribution < 1.29 is 9.59 Å². The van der Waals surface area contributed by atoms with Crippen LogP contribution in [0.25, 0.3) is 0 Å². The molecule has 5 heteroatoms. The summed E-state index contributed by atoms with van der Waals surface area (Å²) in [4.78, 5) is 25.6. The minimum Gasteiger partial charge on any atom is -0.336 e. The van der Waals surface area contributed by atoms with Crippen LogP contribution >= 0.6 is 0 Å². The van der Waals surface area contributed by atoms with Gasteiger partial charge in [-0.15, -0.1) is 0 Å². The quantitative estimate of drug-likeness (QED) is 0.882. The molecule has 25 heavy (non-hydrogen) atoms. The van der Waals surface area contributed by atoms with E-state index in [1.807, 2.05) is 37.3 Å². The van der Waals surface area contributed by atoms with Crippen molar-refractivity contribution in [1.29, 1.82) is 0 Å². The maximum absolute atomic E-state index is 12.6. The van der Waals surface area contributed by atoms with Crippen molar-refractivity contribution in [3.8, 4) is 0 Å². The van der Waals surface area contributed by atoms with Gasteiger partial charge in [-0.25, -0.2) is 4.79 Å². The van der Waals surface area contributed by atoms with Gasteiger partial charge in [0.25, 0.3) is 0 Å². The highest BCUT2D eigenvalue weighted by molar-refractivity contribution is 5.98. The molecule has 1 heterocycles. The molecule has 0 saturated carbocycles. The van der Waals surface area contributed by atoms with Crippen LogP contribution in [0.15, 0.2) is 54.6 Å². The van der Waals surface area contributed by atoms with Gasteiger partial charge in [-0.3, -0.25) is 15.0 Å². The topological polar surface area (TPSA) is 61.4 Å². The normalized spacial score (nSPS) is 16.4. The van der Waals surface area contributed by atoms with Gasteiger partial charge in [-0.1, -0.05) is 60.2 Å². The number of imide groups is 1. The molecule has 0 aromatic heterocycles. The molecular formula is C20H23N3O2. The van der Waals surface area contributed by atoms with Crippen LogP contribution in [0.1, 0.15) is 29.7 Å². The lowest BCUT2D eigenvalue weighted by molar-refractivity contribution is -0.129. The number of urea groups is 1. The summed E-state index contributed by atoms with van der Waals surface area (Å²) in [6.45, 7) is 4.78. The number of aryl methyl sites for hydroxylation is 1. The average molecular weight is 337 g/mol. The summed E-state index contributed by atoms with van der Waals surface area (Å²) in [5, 5.41) is 6.06. The van der Waals surface area contributed by atoms with Crippen molar-refractivity contribution in [1.82, 2.24) is 15.5 Å². The van der Waals surface area contributed by atoms with Gasteiger partial charge in [-0.2, -0.15) is 0 Å². The van der Waals surface area contributed by atoms with Gasteiger partial charge in [0, 0.05) is 13.1 Å². The van der Waals surface area contributed by atoms with Gasteiger partial charge in [0.15, 0.2) is 0 Å². The van der Waals surface area contributed by atoms with Crippen molar-refractivity contribution in [3.05, 3.63) is 71.3 Å². The molecule has 1 saturated heterocycles. The van der Waals surface area contributed by atoms with E-state index in [0.717, 1.165) is 11.1 Å². The number of carbonyl (C=O) groups is 2. The monoisotopic (exact) mass is 337 g/mol. The Labute approximate surface area is 148 Å². The number of benzene rings is 2. The van der Waals surface area contributed by atoms with Crippen LogP contribution in [0.4, 0.5) is 4.79 Å². The van der Waals surface area contributed by atoms with Crippen molar-refractivity contribution in [2.75, 3.05) is 13.1 Å². The first-order valence-corrected chi connectivity index (χ1v) is 8.53. The summed E-state index contributed by atoms with van der Waals surface area (Å²) in [7, 11) is 0. The lowest BCUT2D eigenvalue weighted by Crippen LogP contribution is -2.47. The average Bonchev–Trinajstić information content (AvgIpc) is 3.06. The lowest BCUT2D eigenvalue weighted by atomic mass is 9.97. The van der Waals surface area contributed by atoms with Crippen LogP contribution in [-0.2, 0) is 4.79 Å². The van der Waals surface area contributed by atoms with Crippen LogP contribution in [0.2, 0.25) is 0 Å². The molecule has 130 valence electrons. The molecule has 2 atom stereocenters. The smallest absolute Gasteiger partial charge is 0.324 e. The molecule has 0 unspecified atom stereocenters. The largest absolute Gasteiger partial charge is 0.336 e. The minimum atomic E-state index is -0.477. The molecule has 3 amide bonds. The molecule has 0 radical (unpaired) electrons. The van der Waals surface area contributed by atoms with E-state index in [4.69, 9.17) is 0 Å². The predicted octanol–water partition coefficient (Wildman–Crippen LogP) is 2.61. The number of rotatable bonds is 5. The molecular weight excluding hydrogens is 314 g/mol. The fourth-order valence-corrected chi connectivity index (χ4v) is 3.03. The zero-order valence-electron chi connectivity index (χ0n) is 14.5. The number of nitrogens with zero attached hydrogens (tertiary/aromatic N) is 1. The molecule has 0 spiro atoms. The van der Waals surface area contributed by atoms with Crippen molar-refractivity contribution >= 4 is 11.9 Å². The second kappa shape index (κ2) is 7.49. The third-order valence-corrected chi connectivity index (χ3v) is 4.45. The van der Waals surface area contributed by atoms with E-state index < -0.39 is 6.04 Å². The molecule has 5 nitrogen and oxygen atoms in total. The van der Waals surface area contributed by atoms with Crippen molar-refractivity contribution in [2.45, 2.75) is 25.9 Å². The highest BCUT2D eigenvalue weighted by Gasteiger charge is 2.31. The van der Waals surface area contributed by atoms with Gasteiger partial charge in [0.2, 0.25) is 5.91 Å². The standard InChI is InChI=1S/C20H23N3O2/c1-14-8-10-17(11-9-14)18(16-6-4-3-5-7-16)22-15(2)19(24)23-13-12-21-20(23)25/h3-11,15,18,22H,12-13H2,1-2H3,(H,21,25)/t15-,18+/m1/s1. The Bertz CT molecular complexity index is 743. The van der Waals surface area contributed by atoms with Gasteiger partial charge >= 0.3 is 6.03 Å². The van der Waals surface area contributed by atoms with Crippen molar-refractivity contribution in [2.24, 2.45) is 0 Å². The Kier molecular flexibility index (Phi) is 5.14. The molecule has 2 N–H and O–H groups in total. The summed E-state index contributed by atoms with van der Waals surface area (Å²) in [5.41, 5.74) is 3.35. The summed E-state index contributed by atoms with van der Waals surface area (Å²) in [5.74, 6) is -0.206. The predicted molar refractivity (Wildman–Crippen MR) is 97.2 cm³/mol. The van der Waals surface area contributed by atoms with Crippen LogP contribution in [0.5, 0.6) is 0 Å². The van der Waals surface area contributed by atoms with E-state index in [1.165, 1.54) is 10.5 Å². The van der Waals surface area contributed by atoms with E-state index >= 15 is 0 Å². The molecule has 2 aromatic rings. The summed E-state index contributed by atoms with van der Waals surface area (Å²) in [6.07, 6.45) is 0. The first-order chi connectivity index (χ1) is 12.1. The Morgan fingerprint density at radius 3 is 2.32 bits per heavy atom. The maximum Gasteiger partial charge on any atom is 0.324 e. The highest BCUT2D eigenvalue weighted by atomic mass is 16.2. The molecule has 0 bridgehead atoms. The van der Waals surface area contributed by atoms with Gasteiger partial charge in [-0.05, 0) is 25.0 Å². The zero-order valence-corrected chi connectivity index (χ0v) is 14.5. The Morgan fingerprint density at radius 2 is 1.72 bits per heavy atom. The second-order valence-electron chi connectivity index (χ2n) is 6.36. The number of amides is 3. The molecule has 0 aliphatic carbocycles. The van der Waals surface area contributed by atoms with Crippen molar-refractivity contribution in [3.63, 3.8) is 0 Å². The van der Waals surface area contributed by atoms with E-state index in [9.17, 15) is 9.59 Å². The van der Waals surface area contributed by atoms with E-state index in [0.29, 0.717) is 13.1 Å². The Hall–Kier alpha value is -2.66. The molecule has 1 aliphatic rings. The van der Waals surface area contributed by atoms with Crippen LogP contribution in [0, 0.1) is 6.92 Å². The fraction of sp³-hybridized carbons (Fsp3) is 0.300. The van der Waals surface area contributed by atoms with E-state index in [-0.39, 0.29) is 18.0 Å². The summed E-state index contributed by atoms with van der Waals surface area (Å²) >= 11 is 0. The maximum atomic E-state index is 12.6. The molecule has 1 aliphatic heterocycles. The first kappa shape index (κ1) is 17.2. The second-order valence-corrected chi connectivity index (χ2v) is 6.36. The van der Waals surface area contributed by atoms with Gasteiger partial charge in [0.05, 0.1) is 12.1 Å². The Morgan fingerprint density at radius 1 is 1.08 bits per heavy atom. The molecule has 2 aromatic carbocycles. The number of hydrogen-bond donors (Lipinski definition) is 2. The Balaban J connectivity index is 1.83. The van der Waals surface area contributed by atoms with Gasteiger partial charge in [0.1, 0.15) is 0 Å². The summed E-state index contributed by atoms with van der Waals surface area (Å²) < 4.78 is 0. The van der Waals surface area contributed by atoms with E-state index in [1.54, 1.807) is 6.92 Å². The number of nitrogens with one attached hydrogen (secondary N) is 2. The fourth-order valence-electron chi connectivity index (χ4n) is 3.03. The number of carbonyl (C=O) groups excluding carboxylic acids is 2. The van der Waals surface area contributed by atoms with Crippen LogP contribution < -0.4 is 10.6 Å². The third-order valence-electron chi connectivity index (χ3n) is 4.45.